The van der Waals surface area contributed by atoms with Crippen LogP contribution in [0.4, 0.5) is 0 Å². The number of methoxy groups -OCH3 is 1. The maximum atomic E-state index is 13.1. The lowest BCUT2D eigenvalue weighted by molar-refractivity contribution is 0.0895. The molecule has 0 spiro atoms. The van der Waals surface area contributed by atoms with Gasteiger partial charge >= 0.3 is 0 Å². The van der Waals surface area contributed by atoms with Crippen LogP contribution in [0.25, 0.3) is 0 Å². The highest BCUT2D eigenvalue weighted by atomic mass is 16.5. The number of carbonyl (C=O) groups is 1. The van der Waals surface area contributed by atoms with Gasteiger partial charge in [-0.05, 0) is 81.8 Å². The van der Waals surface area contributed by atoms with E-state index >= 15 is 0 Å². The first kappa shape index (κ1) is 20.9. The average molecular weight is 408 g/mol. The van der Waals surface area contributed by atoms with E-state index < -0.39 is 0 Å². The summed E-state index contributed by atoms with van der Waals surface area (Å²) in [5.74, 6) is 2.42. The van der Waals surface area contributed by atoms with Crippen LogP contribution >= 0.6 is 0 Å². The van der Waals surface area contributed by atoms with Crippen molar-refractivity contribution in [3.05, 3.63) is 59.2 Å². The Morgan fingerprint density at radius 1 is 1.07 bits per heavy atom. The van der Waals surface area contributed by atoms with Crippen LogP contribution < -0.4 is 9.47 Å². The molecule has 4 nitrogen and oxygen atoms in total. The van der Waals surface area contributed by atoms with Gasteiger partial charge in [-0.3, -0.25) is 9.69 Å². The van der Waals surface area contributed by atoms with E-state index in [2.05, 4.69) is 35.2 Å². The van der Waals surface area contributed by atoms with Crippen molar-refractivity contribution in [2.45, 2.75) is 52.2 Å². The Morgan fingerprint density at radius 3 is 2.47 bits per heavy atom. The van der Waals surface area contributed by atoms with Gasteiger partial charge in [0, 0.05) is 18.0 Å². The topological polar surface area (TPSA) is 38.8 Å². The van der Waals surface area contributed by atoms with Crippen molar-refractivity contribution in [3.8, 4) is 11.5 Å². The average Bonchev–Trinajstić information content (AvgIpc) is 3.03. The van der Waals surface area contributed by atoms with Crippen molar-refractivity contribution < 1.29 is 14.3 Å². The predicted molar refractivity (Wildman–Crippen MR) is 119 cm³/mol. The van der Waals surface area contributed by atoms with Gasteiger partial charge in [-0.25, -0.2) is 0 Å². The van der Waals surface area contributed by atoms with Crippen molar-refractivity contribution in [3.63, 3.8) is 0 Å². The van der Waals surface area contributed by atoms with Crippen molar-refractivity contribution in [2.75, 3.05) is 20.2 Å². The molecule has 0 saturated carbocycles. The largest absolute Gasteiger partial charge is 0.493 e. The second-order valence-corrected chi connectivity index (χ2v) is 9.03. The second-order valence-electron chi connectivity index (χ2n) is 9.03. The summed E-state index contributed by atoms with van der Waals surface area (Å²) in [6, 6.07) is 14.6. The quantitative estimate of drug-likeness (QED) is 0.637. The minimum Gasteiger partial charge on any atom is -0.493 e. The zero-order chi connectivity index (χ0) is 21.1. The molecule has 4 rings (SSSR count). The monoisotopic (exact) mass is 407 g/mol. The molecule has 2 aromatic carbocycles. The Hall–Kier alpha value is -2.33. The number of nitrogens with zero attached hydrogens (tertiary/aromatic N) is 1. The van der Waals surface area contributed by atoms with Gasteiger partial charge in [-0.1, -0.05) is 30.3 Å². The molecule has 2 aromatic rings. The summed E-state index contributed by atoms with van der Waals surface area (Å²) >= 11 is 0. The maximum absolute atomic E-state index is 13.1. The Labute approximate surface area is 180 Å². The molecule has 1 heterocycles. The van der Waals surface area contributed by atoms with Gasteiger partial charge in [0.2, 0.25) is 0 Å². The molecule has 0 aromatic heterocycles. The van der Waals surface area contributed by atoms with Gasteiger partial charge in [0.05, 0.1) is 13.2 Å². The SMILES string of the molecule is COc1cc2c(cc1OC(C)C)CC(CC1CCN(Cc3ccccc3)CC1)C2=O. The molecule has 0 bridgehead atoms. The standard InChI is InChI=1S/C26H33NO3/c1-18(2)30-25-15-21-14-22(26(28)23(21)16-24(25)29-3)13-19-9-11-27(12-10-19)17-20-7-5-4-6-8-20/h4-8,15-16,18-19,22H,9-14,17H2,1-3H3. The number of ketones is 1. The zero-order valence-corrected chi connectivity index (χ0v) is 18.4. The maximum Gasteiger partial charge on any atom is 0.166 e. The van der Waals surface area contributed by atoms with Gasteiger partial charge in [0.15, 0.2) is 17.3 Å². The molecule has 0 amide bonds. The van der Waals surface area contributed by atoms with Crippen LogP contribution in [0.15, 0.2) is 42.5 Å². The van der Waals surface area contributed by atoms with E-state index in [0.29, 0.717) is 11.7 Å². The molecule has 0 N–H and O–H groups in total. The van der Waals surface area contributed by atoms with Crippen LogP contribution in [0.3, 0.4) is 0 Å². The number of fused-ring (bicyclic) bond motifs is 1. The third kappa shape index (κ3) is 4.70. The van der Waals surface area contributed by atoms with Gasteiger partial charge in [0.25, 0.3) is 0 Å². The molecule has 2 aliphatic rings. The van der Waals surface area contributed by atoms with Gasteiger partial charge in [0.1, 0.15) is 0 Å². The molecule has 1 fully saturated rings. The summed E-state index contributed by atoms with van der Waals surface area (Å²) in [7, 11) is 1.63. The van der Waals surface area contributed by atoms with Gasteiger partial charge in [-0.15, -0.1) is 0 Å². The van der Waals surface area contributed by atoms with Crippen LogP contribution in [-0.2, 0) is 13.0 Å². The van der Waals surface area contributed by atoms with Gasteiger partial charge < -0.3 is 9.47 Å². The first-order chi connectivity index (χ1) is 14.5. The number of carbonyl (C=O) groups excluding carboxylic acids is 1. The van der Waals surface area contributed by atoms with Crippen molar-refractivity contribution in [2.24, 2.45) is 11.8 Å². The molecular weight excluding hydrogens is 374 g/mol. The third-order valence-electron chi connectivity index (χ3n) is 6.43. The Morgan fingerprint density at radius 2 is 1.80 bits per heavy atom. The van der Waals surface area contributed by atoms with Crippen molar-refractivity contribution in [1.82, 2.24) is 4.90 Å². The van der Waals surface area contributed by atoms with Crippen LogP contribution in [0.1, 0.15) is 54.6 Å². The van der Waals surface area contributed by atoms with E-state index in [1.807, 2.05) is 26.0 Å². The highest BCUT2D eigenvalue weighted by Gasteiger charge is 2.34. The molecule has 160 valence electrons. The molecule has 0 radical (unpaired) electrons. The Balaban J connectivity index is 1.35. The normalized spacial score (nSPS) is 19.9. The molecule has 1 unspecified atom stereocenters. The van der Waals surface area contributed by atoms with Crippen molar-refractivity contribution in [1.29, 1.82) is 0 Å². The van der Waals surface area contributed by atoms with E-state index in [1.165, 1.54) is 18.4 Å². The highest BCUT2D eigenvalue weighted by molar-refractivity contribution is 6.02. The summed E-state index contributed by atoms with van der Waals surface area (Å²) in [4.78, 5) is 15.6. The van der Waals surface area contributed by atoms with Crippen LogP contribution in [0, 0.1) is 11.8 Å². The molecule has 30 heavy (non-hydrogen) atoms. The summed E-state index contributed by atoms with van der Waals surface area (Å²) < 4.78 is 11.4. The highest BCUT2D eigenvalue weighted by Crippen LogP contribution is 2.40. The molecule has 1 aliphatic heterocycles. The summed E-state index contributed by atoms with van der Waals surface area (Å²) in [5.41, 5.74) is 3.32. The summed E-state index contributed by atoms with van der Waals surface area (Å²) in [6.07, 6.45) is 4.26. The first-order valence-electron chi connectivity index (χ1n) is 11.2. The first-order valence-corrected chi connectivity index (χ1v) is 11.2. The predicted octanol–water partition coefficient (Wildman–Crippen LogP) is 5.14. The number of likely N-dealkylation sites (tertiary alicyclic amines) is 1. The Bertz CT molecular complexity index is 869. The van der Waals surface area contributed by atoms with E-state index in [-0.39, 0.29) is 17.8 Å². The number of ether oxygens (including phenoxy) is 2. The number of benzene rings is 2. The fraction of sp³-hybridized carbons (Fsp3) is 0.500. The fourth-order valence-corrected chi connectivity index (χ4v) is 4.90. The molecular formula is C26H33NO3. The number of piperidine rings is 1. The molecule has 1 aliphatic carbocycles. The van der Waals surface area contributed by atoms with E-state index in [1.54, 1.807) is 7.11 Å². The molecule has 4 heteroatoms. The van der Waals surface area contributed by atoms with Crippen molar-refractivity contribution >= 4 is 5.78 Å². The molecule has 1 atom stereocenters. The van der Waals surface area contributed by atoms with Crippen LogP contribution in [0.2, 0.25) is 0 Å². The minimum absolute atomic E-state index is 0.0749. The lowest BCUT2D eigenvalue weighted by atomic mass is 9.85. The second kappa shape index (κ2) is 9.22. The zero-order valence-electron chi connectivity index (χ0n) is 18.4. The number of hydrogen-bond acceptors (Lipinski definition) is 4. The smallest absolute Gasteiger partial charge is 0.166 e. The Kier molecular flexibility index (Phi) is 6.43. The third-order valence-corrected chi connectivity index (χ3v) is 6.43. The summed E-state index contributed by atoms with van der Waals surface area (Å²) in [5, 5.41) is 0. The lowest BCUT2D eigenvalue weighted by Gasteiger charge is -2.32. The van der Waals surface area contributed by atoms with E-state index in [4.69, 9.17) is 9.47 Å². The van der Waals surface area contributed by atoms with E-state index in [9.17, 15) is 4.79 Å². The van der Waals surface area contributed by atoms with Crippen LogP contribution in [0.5, 0.6) is 11.5 Å². The summed E-state index contributed by atoms with van der Waals surface area (Å²) in [6.45, 7) is 7.27. The van der Waals surface area contributed by atoms with Crippen LogP contribution in [-0.4, -0.2) is 37.0 Å². The van der Waals surface area contributed by atoms with E-state index in [0.717, 1.165) is 49.4 Å². The minimum atomic E-state index is 0.0749. The number of Topliss-reactive ketones (excluding diaryl/α,β-unsaturated/α-hetero) is 1. The lowest BCUT2D eigenvalue weighted by Crippen LogP contribution is -2.34. The molecule has 1 saturated heterocycles. The number of hydrogen-bond donors (Lipinski definition) is 0. The van der Waals surface area contributed by atoms with Gasteiger partial charge in [-0.2, -0.15) is 0 Å². The fourth-order valence-electron chi connectivity index (χ4n) is 4.90. The number of rotatable bonds is 7.